The van der Waals surface area contributed by atoms with Gasteiger partial charge in [0.1, 0.15) is 11.5 Å². The molecule has 0 saturated carbocycles. The second-order valence-corrected chi connectivity index (χ2v) is 7.51. The van der Waals surface area contributed by atoms with Crippen molar-refractivity contribution < 1.29 is 24.2 Å². The number of ketones is 1. The van der Waals surface area contributed by atoms with Gasteiger partial charge < -0.3 is 19.5 Å². The van der Waals surface area contributed by atoms with Crippen molar-refractivity contribution in [3.8, 4) is 5.75 Å². The summed E-state index contributed by atoms with van der Waals surface area (Å²) in [6, 6.07) is 11.3. The molecule has 1 heterocycles. The maximum Gasteiger partial charge on any atom is 0.295 e. The number of aliphatic hydroxyl groups is 1. The van der Waals surface area contributed by atoms with Crippen molar-refractivity contribution >= 4 is 29.1 Å². The van der Waals surface area contributed by atoms with E-state index in [0.717, 1.165) is 5.56 Å². The van der Waals surface area contributed by atoms with E-state index in [1.54, 1.807) is 56.7 Å². The molecule has 6 nitrogen and oxygen atoms in total. The first-order chi connectivity index (χ1) is 14.4. The number of benzene rings is 2. The van der Waals surface area contributed by atoms with Crippen molar-refractivity contribution in [2.45, 2.75) is 19.4 Å². The minimum Gasteiger partial charge on any atom is -0.507 e. The second-order valence-electron chi connectivity index (χ2n) is 7.07. The predicted molar refractivity (Wildman–Crippen MR) is 115 cm³/mol. The average molecular weight is 430 g/mol. The molecule has 1 N–H and O–H groups in total. The van der Waals surface area contributed by atoms with Gasteiger partial charge in [0.2, 0.25) is 0 Å². The Balaban J connectivity index is 2.12. The lowest BCUT2D eigenvalue weighted by atomic mass is 9.94. The van der Waals surface area contributed by atoms with Crippen LogP contribution in [0.2, 0.25) is 5.02 Å². The van der Waals surface area contributed by atoms with Crippen LogP contribution in [0.3, 0.4) is 0 Å². The summed E-state index contributed by atoms with van der Waals surface area (Å²) in [6.45, 7) is 2.62. The van der Waals surface area contributed by atoms with Crippen molar-refractivity contribution in [2.24, 2.45) is 0 Å². The molecular formula is C23H24ClNO5. The summed E-state index contributed by atoms with van der Waals surface area (Å²) in [5, 5.41) is 11.6. The van der Waals surface area contributed by atoms with Gasteiger partial charge in [-0.15, -0.1) is 0 Å². The third kappa shape index (κ3) is 4.20. The lowest BCUT2D eigenvalue weighted by molar-refractivity contribution is -0.140. The molecule has 30 heavy (non-hydrogen) atoms. The van der Waals surface area contributed by atoms with Crippen LogP contribution in [0.25, 0.3) is 5.76 Å². The Labute approximate surface area is 180 Å². The van der Waals surface area contributed by atoms with Crippen LogP contribution in [-0.4, -0.2) is 49.1 Å². The summed E-state index contributed by atoms with van der Waals surface area (Å²) in [6.07, 6.45) is 0.565. The molecule has 1 fully saturated rings. The Morgan fingerprint density at radius 1 is 1.13 bits per heavy atom. The number of methoxy groups -OCH3 is 2. The van der Waals surface area contributed by atoms with E-state index in [-0.39, 0.29) is 11.3 Å². The summed E-state index contributed by atoms with van der Waals surface area (Å²) in [7, 11) is 3.14. The monoisotopic (exact) mass is 429 g/mol. The number of amides is 1. The van der Waals surface area contributed by atoms with Crippen LogP contribution in [0.4, 0.5) is 0 Å². The summed E-state index contributed by atoms with van der Waals surface area (Å²) >= 11 is 6.02. The van der Waals surface area contributed by atoms with E-state index < -0.39 is 17.7 Å². The maximum absolute atomic E-state index is 12.9. The highest BCUT2D eigenvalue weighted by atomic mass is 35.5. The SMILES string of the molecule is COCCCN1C(=O)C(=O)/C(=C(/O)c2ccc(OC)c(C)c2)[C@H]1c1ccc(Cl)cc1. The minimum absolute atomic E-state index is 0.0595. The molecule has 1 aliphatic heterocycles. The Bertz CT molecular complexity index is 984. The number of hydrogen-bond donors (Lipinski definition) is 1. The third-order valence-corrected chi connectivity index (χ3v) is 5.39. The molecule has 1 atom stereocenters. The van der Waals surface area contributed by atoms with E-state index in [4.69, 9.17) is 21.1 Å². The second kappa shape index (κ2) is 9.32. The van der Waals surface area contributed by atoms with Gasteiger partial charge in [-0.25, -0.2) is 0 Å². The summed E-state index contributed by atoms with van der Waals surface area (Å²) < 4.78 is 10.4. The summed E-state index contributed by atoms with van der Waals surface area (Å²) in [4.78, 5) is 27.2. The van der Waals surface area contributed by atoms with Gasteiger partial charge in [-0.05, 0) is 54.8 Å². The molecule has 3 rings (SSSR count). The standard InChI is InChI=1S/C23H24ClNO5/c1-14-13-16(7-10-18(14)30-3)21(26)19-20(15-5-8-17(24)9-6-15)25(11-4-12-29-2)23(28)22(19)27/h5-10,13,20,26H,4,11-12H2,1-3H3/b21-19+/t20-/m1/s1. The lowest BCUT2D eigenvalue weighted by Crippen LogP contribution is -2.31. The van der Waals surface area contributed by atoms with E-state index >= 15 is 0 Å². The number of carbonyl (C=O) groups excluding carboxylic acids is 2. The smallest absolute Gasteiger partial charge is 0.295 e. The van der Waals surface area contributed by atoms with Crippen molar-refractivity contribution in [1.82, 2.24) is 4.90 Å². The third-order valence-electron chi connectivity index (χ3n) is 5.14. The first-order valence-corrected chi connectivity index (χ1v) is 9.94. The van der Waals surface area contributed by atoms with E-state index in [1.165, 1.54) is 4.90 Å². The minimum atomic E-state index is -0.710. The molecule has 7 heteroatoms. The van der Waals surface area contributed by atoms with Gasteiger partial charge in [-0.2, -0.15) is 0 Å². The zero-order chi connectivity index (χ0) is 21.8. The van der Waals surface area contributed by atoms with Gasteiger partial charge in [0.25, 0.3) is 11.7 Å². The van der Waals surface area contributed by atoms with Crippen molar-refractivity contribution in [1.29, 1.82) is 0 Å². The molecule has 1 aliphatic rings. The van der Waals surface area contributed by atoms with E-state index in [1.807, 2.05) is 6.92 Å². The van der Waals surface area contributed by atoms with Crippen LogP contribution in [-0.2, 0) is 14.3 Å². The highest BCUT2D eigenvalue weighted by Crippen LogP contribution is 2.40. The number of rotatable bonds is 7. The molecule has 0 bridgehead atoms. The van der Waals surface area contributed by atoms with Crippen LogP contribution < -0.4 is 4.74 Å². The molecule has 1 saturated heterocycles. The van der Waals surface area contributed by atoms with Crippen LogP contribution in [0.5, 0.6) is 5.75 Å². The van der Waals surface area contributed by atoms with Gasteiger partial charge in [-0.3, -0.25) is 9.59 Å². The Hall–Kier alpha value is -2.83. The largest absolute Gasteiger partial charge is 0.507 e. The molecule has 1 amide bonds. The van der Waals surface area contributed by atoms with E-state index in [9.17, 15) is 14.7 Å². The quantitative estimate of drug-likeness (QED) is 0.310. The number of aryl methyl sites for hydroxylation is 1. The van der Waals surface area contributed by atoms with E-state index in [0.29, 0.717) is 41.5 Å². The van der Waals surface area contributed by atoms with Crippen LogP contribution in [0.1, 0.15) is 29.2 Å². The number of halogens is 1. The average Bonchev–Trinajstić information content (AvgIpc) is 2.99. The fraction of sp³-hybridized carbons (Fsp3) is 0.304. The molecule has 0 spiro atoms. The number of hydrogen-bond acceptors (Lipinski definition) is 5. The van der Waals surface area contributed by atoms with Gasteiger partial charge >= 0.3 is 0 Å². The molecule has 2 aromatic carbocycles. The van der Waals surface area contributed by atoms with Gasteiger partial charge in [0.15, 0.2) is 0 Å². The summed E-state index contributed by atoms with van der Waals surface area (Å²) in [5.74, 6) is -0.898. The number of likely N-dealkylation sites (tertiary alicyclic amines) is 1. The van der Waals surface area contributed by atoms with Crippen LogP contribution in [0, 0.1) is 6.92 Å². The normalized spacial score (nSPS) is 18.1. The van der Waals surface area contributed by atoms with Crippen LogP contribution in [0.15, 0.2) is 48.0 Å². The number of Topliss-reactive ketones (excluding diaryl/α,β-unsaturated/α-hetero) is 1. The first kappa shape index (κ1) is 21.9. The Morgan fingerprint density at radius 2 is 1.83 bits per heavy atom. The zero-order valence-corrected chi connectivity index (χ0v) is 17.9. The van der Waals surface area contributed by atoms with Gasteiger partial charge in [0.05, 0.1) is 18.7 Å². The number of nitrogens with zero attached hydrogens (tertiary/aromatic N) is 1. The van der Waals surface area contributed by atoms with Crippen molar-refractivity contribution in [2.75, 3.05) is 27.4 Å². The molecular weight excluding hydrogens is 406 g/mol. The zero-order valence-electron chi connectivity index (χ0n) is 17.1. The van der Waals surface area contributed by atoms with Crippen molar-refractivity contribution in [3.63, 3.8) is 0 Å². The Kier molecular flexibility index (Phi) is 6.80. The van der Waals surface area contributed by atoms with Crippen molar-refractivity contribution in [3.05, 3.63) is 69.8 Å². The molecule has 0 unspecified atom stereocenters. The number of aliphatic hydroxyl groups excluding tert-OH is 1. The molecule has 2 aromatic rings. The predicted octanol–water partition coefficient (Wildman–Crippen LogP) is 4.12. The van der Waals surface area contributed by atoms with Gasteiger partial charge in [-0.1, -0.05) is 23.7 Å². The highest BCUT2D eigenvalue weighted by Gasteiger charge is 2.45. The molecule has 0 aliphatic carbocycles. The fourth-order valence-electron chi connectivity index (χ4n) is 3.66. The first-order valence-electron chi connectivity index (χ1n) is 9.56. The molecule has 0 radical (unpaired) electrons. The molecule has 158 valence electrons. The fourth-order valence-corrected chi connectivity index (χ4v) is 3.79. The van der Waals surface area contributed by atoms with Gasteiger partial charge in [0, 0.05) is 30.8 Å². The molecule has 0 aromatic heterocycles. The summed E-state index contributed by atoms with van der Waals surface area (Å²) in [5.41, 5.74) is 2.01. The van der Waals surface area contributed by atoms with Crippen LogP contribution >= 0.6 is 11.6 Å². The number of ether oxygens (including phenoxy) is 2. The van der Waals surface area contributed by atoms with E-state index in [2.05, 4.69) is 0 Å². The Morgan fingerprint density at radius 3 is 2.43 bits per heavy atom. The highest BCUT2D eigenvalue weighted by molar-refractivity contribution is 6.46. The lowest BCUT2D eigenvalue weighted by Gasteiger charge is -2.25. The topological polar surface area (TPSA) is 76.1 Å². The maximum atomic E-state index is 12.9. The number of carbonyl (C=O) groups is 2.